The zero-order chi connectivity index (χ0) is 17.5. The van der Waals surface area contributed by atoms with Crippen LogP contribution in [0.1, 0.15) is 41.0 Å². The molecule has 1 aromatic carbocycles. The van der Waals surface area contributed by atoms with E-state index >= 15 is 0 Å². The van der Waals surface area contributed by atoms with Gasteiger partial charge in [0.05, 0.1) is 13.2 Å². The van der Waals surface area contributed by atoms with Gasteiger partial charge in [-0.05, 0) is 30.5 Å². The third kappa shape index (κ3) is 5.32. The Bertz CT molecular complexity index is 568. The first-order valence-corrected chi connectivity index (χ1v) is 8.47. The third-order valence-corrected chi connectivity index (χ3v) is 4.21. The summed E-state index contributed by atoms with van der Waals surface area (Å²) < 4.78 is 5.41. The minimum atomic E-state index is -0.532. The maximum Gasteiger partial charge on any atom is 0.251 e. The predicted octanol–water partition coefficient (Wildman–Crippen LogP) is 1.26. The molecule has 3 N–H and O–H groups in total. The monoisotopic (exact) mass is 333 g/mol. The van der Waals surface area contributed by atoms with E-state index in [0.29, 0.717) is 23.6 Å². The standard InChI is InChI=1S/C18H27N3O3/c1-13(2)10-16(21-6-8-24-9-7-21)12-20-18(23)15-5-3-4-14(11-15)17(19)22/h3-5,11,13,16H,6-10,12H2,1-2H3,(H2,19,22)(H,20,23). The highest BCUT2D eigenvalue weighted by Gasteiger charge is 2.22. The molecule has 1 unspecified atom stereocenters. The number of benzene rings is 1. The van der Waals surface area contributed by atoms with Gasteiger partial charge in [0.15, 0.2) is 0 Å². The van der Waals surface area contributed by atoms with Crippen LogP contribution in [0.2, 0.25) is 0 Å². The van der Waals surface area contributed by atoms with Crippen molar-refractivity contribution in [2.24, 2.45) is 11.7 Å². The lowest BCUT2D eigenvalue weighted by atomic mass is 10.0. The lowest BCUT2D eigenvalue weighted by Gasteiger charge is -2.35. The van der Waals surface area contributed by atoms with E-state index in [4.69, 9.17) is 10.5 Å². The third-order valence-electron chi connectivity index (χ3n) is 4.21. The average molecular weight is 333 g/mol. The maximum atomic E-state index is 12.4. The summed E-state index contributed by atoms with van der Waals surface area (Å²) in [6.45, 7) is 8.22. The molecule has 0 aliphatic carbocycles. The summed E-state index contributed by atoms with van der Waals surface area (Å²) in [5, 5.41) is 2.99. The van der Waals surface area contributed by atoms with E-state index in [1.165, 1.54) is 6.07 Å². The van der Waals surface area contributed by atoms with Gasteiger partial charge in [-0.2, -0.15) is 0 Å². The van der Waals surface area contributed by atoms with Crippen molar-refractivity contribution in [1.29, 1.82) is 0 Å². The summed E-state index contributed by atoms with van der Waals surface area (Å²) in [6, 6.07) is 6.78. The molecule has 1 aromatic rings. The highest BCUT2D eigenvalue weighted by molar-refractivity contribution is 5.99. The van der Waals surface area contributed by atoms with Crippen LogP contribution < -0.4 is 11.1 Å². The minimum Gasteiger partial charge on any atom is -0.379 e. The van der Waals surface area contributed by atoms with Crippen LogP contribution in [0, 0.1) is 5.92 Å². The summed E-state index contributed by atoms with van der Waals surface area (Å²) in [4.78, 5) is 26.0. The van der Waals surface area contributed by atoms with E-state index < -0.39 is 5.91 Å². The van der Waals surface area contributed by atoms with E-state index in [2.05, 4.69) is 24.1 Å². The lowest BCUT2D eigenvalue weighted by Crippen LogP contribution is -2.49. The number of ether oxygens (including phenoxy) is 1. The quantitative estimate of drug-likeness (QED) is 0.787. The van der Waals surface area contributed by atoms with Crippen LogP contribution in [0.25, 0.3) is 0 Å². The Kier molecular flexibility index (Phi) is 6.75. The molecular formula is C18H27N3O3. The molecule has 6 nitrogen and oxygen atoms in total. The molecule has 1 atom stereocenters. The number of hydrogen-bond donors (Lipinski definition) is 2. The number of nitrogens with zero attached hydrogens (tertiary/aromatic N) is 1. The minimum absolute atomic E-state index is 0.180. The van der Waals surface area contributed by atoms with Gasteiger partial charge < -0.3 is 15.8 Å². The predicted molar refractivity (Wildman–Crippen MR) is 92.9 cm³/mol. The second kappa shape index (κ2) is 8.80. The van der Waals surface area contributed by atoms with Crippen molar-refractivity contribution in [3.8, 4) is 0 Å². The van der Waals surface area contributed by atoms with Gasteiger partial charge in [-0.15, -0.1) is 0 Å². The number of nitrogens with two attached hydrogens (primary N) is 1. The molecule has 0 spiro atoms. The molecule has 1 heterocycles. The van der Waals surface area contributed by atoms with Crippen LogP contribution in [0.3, 0.4) is 0 Å². The van der Waals surface area contributed by atoms with Crippen molar-refractivity contribution in [2.75, 3.05) is 32.8 Å². The second-order valence-corrected chi connectivity index (χ2v) is 6.59. The van der Waals surface area contributed by atoms with Crippen LogP contribution in [0.5, 0.6) is 0 Å². The number of amides is 2. The summed E-state index contributed by atoms with van der Waals surface area (Å²) in [5.41, 5.74) is 6.07. The summed E-state index contributed by atoms with van der Waals surface area (Å²) in [7, 11) is 0. The Morgan fingerprint density at radius 3 is 2.54 bits per heavy atom. The van der Waals surface area contributed by atoms with Crippen molar-refractivity contribution in [3.05, 3.63) is 35.4 Å². The molecule has 0 bridgehead atoms. The lowest BCUT2D eigenvalue weighted by molar-refractivity contribution is 0.0124. The van der Waals surface area contributed by atoms with Gasteiger partial charge in [-0.25, -0.2) is 0 Å². The SMILES string of the molecule is CC(C)CC(CNC(=O)c1cccc(C(N)=O)c1)N1CCOCC1. The van der Waals surface area contributed by atoms with E-state index in [1.807, 2.05) is 0 Å². The fourth-order valence-electron chi connectivity index (χ4n) is 2.97. The zero-order valence-electron chi connectivity index (χ0n) is 14.5. The highest BCUT2D eigenvalue weighted by Crippen LogP contribution is 2.13. The van der Waals surface area contributed by atoms with Crippen molar-refractivity contribution < 1.29 is 14.3 Å². The molecular weight excluding hydrogens is 306 g/mol. The molecule has 1 aliphatic rings. The number of carbonyl (C=O) groups is 2. The molecule has 1 fully saturated rings. The van der Waals surface area contributed by atoms with Crippen LogP contribution in [0.4, 0.5) is 0 Å². The van der Waals surface area contributed by atoms with Gasteiger partial charge in [-0.3, -0.25) is 14.5 Å². The second-order valence-electron chi connectivity index (χ2n) is 6.59. The highest BCUT2D eigenvalue weighted by atomic mass is 16.5. The number of rotatable bonds is 7. The molecule has 1 saturated heterocycles. The topological polar surface area (TPSA) is 84.7 Å². The first-order chi connectivity index (χ1) is 11.5. The summed E-state index contributed by atoms with van der Waals surface area (Å²) in [5.74, 6) is -0.163. The number of nitrogens with one attached hydrogen (secondary N) is 1. The van der Waals surface area contributed by atoms with Crippen molar-refractivity contribution in [2.45, 2.75) is 26.3 Å². The molecule has 0 radical (unpaired) electrons. The van der Waals surface area contributed by atoms with Gasteiger partial charge in [-0.1, -0.05) is 19.9 Å². The van der Waals surface area contributed by atoms with Crippen molar-refractivity contribution >= 4 is 11.8 Å². The van der Waals surface area contributed by atoms with E-state index in [0.717, 1.165) is 32.7 Å². The smallest absolute Gasteiger partial charge is 0.251 e. The fourth-order valence-corrected chi connectivity index (χ4v) is 2.97. The van der Waals surface area contributed by atoms with Crippen LogP contribution in [0.15, 0.2) is 24.3 Å². The Hall–Kier alpha value is -1.92. The van der Waals surface area contributed by atoms with E-state index in [9.17, 15) is 9.59 Å². The van der Waals surface area contributed by atoms with Gasteiger partial charge in [0.1, 0.15) is 0 Å². The van der Waals surface area contributed by atoms with E-state index in [1.54, 1.807) is 18.2 Å². The molecule has 0 saturated carbocycles. The largest absolute Gasteiger partial charge is 0.379 e. The average Bonchev–Trinajstić information content (AvgIpc) is 2.58. The Morgan fingerprint density at radius 2 is 1.92 bits per heavy atom. The summed E-state index contributed by atoms with van der Waals surface area (Å²) >= 11 is 0. The fraction of sp³-hybridized carbons (Fsp3) is 0.556. The molecule has 2 rings (SSSR count). The van der Waals surface area contributed by atoms with Gasteiger partial charge in [0, 0.05) is 36.8 Å². The van der Waals surface area contributed by atoms with Gasteiger partial charge in [0.2, 0.25) is 5.91 Å². The molecule has 6 heteroatoms. The molecule has 24 heavy (non-hydrogen) atoms. The first kappa shape index (κ1) is 18.4. The van der Waals surface area contributed by atoms with Crippen LogP contribution >= 0.6 is 0 Å². The van der Waals surface area contributed by atoms with Crippen LogP contribution in [-0.4, -0.2) is 55.6 Å². The maximum absolute atomic E-state index is 12.4. The van der Waals surface area contributed by atoms with Crippen molar-refractivity contribution in [3.63, 3.8) is 0 Å². The van der Waals surface area contributed by atoms with Crippen molar-refractivity contribution in [1.82, 2.24) is 10.2 Å². The van der Waals surface area contributed by atoms with Gasteiger partial charge in [0.25, 0.3) is 5.91 Å². The Morgan fingerprint density at radius 1 is 1.25 bits per heavy atom. The number of hydrogen-bond acceptors (Lipinski definition) is 4. The Labute approximate surface area is 143 Å². The Balaban J connectivity index is 1.98. The summed E-state index contributed by atoms with van der Waals surface area (Å²) in [6.07, 6.45) is 1.02. The molecule has 2 amide bonds. The number of primary amides is 1. The normalized spacial score (nSPS) is 16.8. The zero-order valence-corrected chi connectivity index (χ0v) is 14.5. The molecule has 1 aliphatic heterocycles. The molecule has 0 aromatic heterocycles. The van der Waals surface area contributed by atoms with Gasteiger partial charge >= 0.3 is 0 Å². The number of carbonyl (C=O) groups excluding carboxylic acids is 2. The first-order valence-electron chi connectivity index (χ1n) is 8.47. The molecule has 132 valence electrons. The van der Waals surface area contributed by atoms with Crippen LogP contribution in [-0.2, 0) is 4.74 Å². The number of morpholine rings is 1. The van der Waals surface area contributed by atoms with E-state index in [-0.39, 0.29) is 11.9 Å².